The summed E-state index contributed by atoms with van der Waals surface area (Å²) in [6, 6.07) is 23.0. The number of thiocarbonyl (C=S) groups is 1. The molecule has 1 unspecified atom stereocenters. The van der Waals surface area contributed by atoms with Gasteiger partial charge in [-0.25, -0.2) is 0 Å². The Balaban J connectivity index is 1.60. The molecule has 1 N–H and O–H groups in total. The number of hydrogen-bond acceptors (Lipinski definition) is 4. The minimum Gasteiger partial charge on any atom is -0.351 e. The van der Waals surface area contributed by atoms with Crippen LogP contribution in [-0.2, 0) is 6.54 Å². The molecule has 6 heteroatoms. The maximum absolute atomic E-state index is 5.89. The van der Waals surface area contributed by atoms with E-state index in [0.29, 0.717) is 23.4 Å². The maximum Gasteiger partial charge on any atom is 0.258 e. The fraction of sp³-hybridized carbons (Fsp3) is 0.233. The summed E-state index contributed by atoms with van der Waals surface area (Å²) in [6.07, 6.45) is 0. The molecule has 182 valence electrons. The molecule has 0 bridgehead atoms. The third-order valence-corrected chi connectivity index (χ3v) is 7.23. The second kappa shape index (κ2) is 9.70. The molecule has 2 heterocycles. The van der Waals surface area contributed by atoms with E-state index in [1.54, 1.807) is 0 Å². The highest BCUT2D eigenvalue weighted by atomic mass is 32.1. The normalized spacial score (nSPS) is 15.9. The van der Waals surface area contributed by atoms with Crippen molar-refractivity contribution in [3.8, 4) is 11.4 Å². The van der Waals surface area contributed by atoms with Gasteiger partial charge >= 0.3 is 0 Å². The molecular weight excluding hydrogens is 464 g/mol. The van der Waals surface area contributed by atoms with Crippen molar-refractivity contribution < 1.29 is 4.52 Å². The summed E-state index contributed by atoms with van der Waals surface area (Å²) in [7, 11) is 0. The molecule has 5 rings (SSSR count). The van der Waals surface area contributed by atoms with Crippen LogP contribution in [0.15, 0.2) is 77.0 Å². The molecule has 3 aromatic carbocycles. The molecule has 4 aromatic rings. The van der Waals surface area contributed by atoms with Gasteiger partial charge in [-0.15, -0.1) is 0 Å². The minimum absolute atomic E-state index is 0.197. The van der Waals surface area contributed by atoms with Gasteiger partial charge in [0.05, 0.1) is 11.6 Å². The molecule has 1 aliphatic rings. The van der Waals surface area contributed by atoms with Crippen LogP contribution in [0.4, 0.5) is 0 Å². The van der Waals surface area contributed by atoms with E-state index in [-0.39, 0.29) is 6.04 Å². The molecule has 1 aliphatic heterocycles. The Morgan fingerprint density at radius 2 is 1.53 bits per heavy atom. The van der Waals surface area contributed by atoms with E-state index in [4.69, 9.17) is 21.7 Å². The summed E-state index contributed by atoms with van der Waals surface area (Å²) in [4.78, 5) is 6.95. The molecule has 5 nitrogen and oxygen atoms in total. The molecule has 0 saturated heterocycles. The smallest absolute Gasteiger partial charge is 0.258 e. The third kappa shape index (κ3) is 4.69. The average Bonchev–Trinajstić information content (AvgIpc) is 3.34. The second-order valence-electron chi connectivity index (χ2n) is 9.59. The van der Waals surface area contributed by atoms with Crippen LogP contribution in [0.5, 0.6) is 0 Å². The Hall–Kier alpha value is -3.77. The second-order valence-corrected chi connectivity index (χ2v) is 9.97. The number of benzene rings is 3. The van der Waals surface area contributed by atoms with E-state index in [1.807, 2.05) is 12.1 Å². The molecule has 1 atom stereocenters. The van der Waals surface area contributed by atoms with Crippen LogP contribution in [0.2, 0.25) is 0 Å². The fourth-order valence-corrected chi connectivity index (χ4v) is 4.79. The van der Waals surface area contributed by atoms with Gasteiger partial charge in [-0.3, -0.25) is 0 Å². The molecule has 0 radical (unpaired) electrons. The number of rotatable bonds is 5. The molecule has 0 aliphatic carbocycles. The van der Waals surface area contributed by atoms with Gasteiger partial charge in [0.15, 0.2) is 5.11 Å². The number of nitrogens with zero attached hydrogens (tertiary/aromatic N) is 3. The monoisotopic (exact) mass is 494 g/mol. The van der Waals surface area contributed by atoms with Gasteiger partial charge in [-0.05, 0) is 69.1 Å². The number of hydrogen-bond donors (Lipinski definition) is 1. The Kier molecular flexibility index (Phi) is 6.46. The van der Waals surface area contributed by atoms with Crippen LogP contribution in [0, 0.1) is 27.7 Å². The van der Waals surface area contributed by atoms with Crippen LogP contribution in [0.25, 0.3) is 17.0 Å². The molecule has 1 aromatic heterocycles. The summed E-state index contributed by atoms with van der Waals surface area (Å²) >= 11 is 5.88. The van der Waals surface area contributed by atoms with Crippen molar-refractivity contribution in [3.05, 3.63) is 112 Å². The zero-order valence-electron chi connectivity index (χ0n) is 21.3. The summed E-state index contributed by atoms with van der Waals surface area (Å²) in [5.41, 5.74) is 10.0. The van der Waals surface area contributed by atoms with Crippen molar-refractivity contribution >= 4 is 22.9 Å². The summed E-state index contributed by atoms with van der Waals surface area (Å²) in [6.45, 7) is 11.1. The number of aryl methyl sites for hydroxylation is 4. The molecule has 0 saturated carbocycles. The first-order chi connectivity index (χ1) is 17.3. The number of aromatic nitrogens is 2. The summed E-state index contributed by atoms with van der Waals surface area (Å²) in [5.74, 6) is 1.07. The Morgan fingerprint density at radius 1 is 0.861 bits per heavy atom. The molecule has 0 amide bonds. The highest BCUT2D eigenvalue weighted by Crippen LogP contribution is 2.38. The molecule has 0 spiro atoms. The van der Waals surface area contributed by atoms with Crippen molar-refractivity contribution in [2.75, 3.05) is 0 Å². The lowest BCUT2D eigenvalue weighted by atomic mass is 9.92. The highest BCUT2D eigenvalue weighted by Gasteiger charge is 2.34. The Bertz CT molecular complexity index is 1450. The zero-order chi connectivity index (χ0) is 25.4. The largest absolute Gasteiger partial charge is 0.351 e. The van der Waals surface area contributed by atoms with Crippen LogP contribution < -0.4 is 5.32 Å². The first kappa shape index (κ1) is 23.9. The Labute approximate surface area is 217 Å². The van der Waals surface area contributed by atoms with E-state index in [9.17, 15) is 0 Å². The van der Waals surface area contributed by atoms with Gasteiger partial charge in [-0.1, -0.05) is 83.0 Å². The molecular formula is C30H30N4OS. The SMILES string of the molecule is CC1=C(c2nc(-c3ccc(C)cc3)no2)C(c2ccc(C)c(C)c2)NC(=S)N1Cc1ccc(C)cc1. The Morgan fingerprint density at radius 3 is 2.19 bits per heavy atom. The highest BCUT2D eigenvalue weighted by molar-refractivity contribution is 7.80. The van der Waals surface area contributed by atoms with Crippen molar-refractivity contribution in [2.24, 2.45) is 0 Å². The molecule has 0 fully saturated rings. The predicted octanol–water partition coefficient (Wildman–Crippen LogP) is 6.83. The first-order valence-corrected chi connectivity index (χ1v) is 12.5. The lowest BCUT2D eigenvalue weighted by Gasteiger charge is -2.37. The summed E-state index contributed by atoms with van der Waals surface area (Å²) < 4.78 is 5.89. The quantitative estimate of drug-likeness (QED) is 0.307. The lowest BCUT2D eigenvalue weighted by Crippen LogP contribution is -2.45. The van der Waals surface area contributed by atoms with Crippen LogP contribution in [-0.4, -0.2) is 20.2 Å². The van der Waals surface area contributed by atoms with Gasteiger partial charge in [0.25, 0.3) is 5.89 Å². The van der Waals surface area contributed by atoms with Gasteiger partial charge in [-0.2, -0.15) is 4.98 Å². The van der Waals surface area contributed by atoms with Gasteiger partial charge in [0.2, 0.25) is 5.82 Å². The third-order valence-electron chi connectivity index (χ3n) is 6.89. The van der Waals surface area contributed by atoms with E-state index >= 15 is 0 Å². The van der Waals surface area contributed by atoms with Crippen molar-refractivity contribution in [1.29, 1.82) is 0 Å². The first-order valence-electron chi connectivity index (χ1n) is 12.1. The summed E-state index contributed by atoms with van der Waals surface area (Å²) in [5, 5.41) is 8.57. The van der Waals surface area contributed by atoms with Gasteiger partial charge in [0, 0.05) is 17.8 Å². The zero-order valence-corrected chi connectivity index (χ0v) is 22.1. The van der Waals surface area contributed by atoms with Crippen LogP contribution >= 0.6 is 12.2 Å². The van der Waals surface area contributed by atoms with E-state index in [0.717, 1.165) is 22.4 Å². The minimum atomic E-state index is -0.197. The van der Waals surface area contributed by atoms with E-state index < -0.39 is 0 Å². The van der Waals surface area contributed by atoms with Crippen LogP contribution in [0.3, 0.4) is 0 Å². The number of allylic oxidation sites excluding steroid dienone is 1. The van der Waals surface area contributed by atoms with Crippen molar-refractivity contribution in [3.63, 3.8) is 0 Å². The van der Waals surface area contributed by atoms with Crippen molar-refractivity contribution in [1.82, 2.24) is 20.4 Å². The maximum atomic E-state index is 5.89. The fourth-order valence-electron chi connectivity index (χ4n) is 4.47. The predicted molar refractivity (Wildman–Crippen MR) is 148 cm³/mol. The number of nitrogens with one attached hydrogen (secondary N) is 1. The van der Waals surface area contributed by atoms with Gasteiger partial charge in [0.1, 0.15) is 0 Å². The van der Waals surface area contributed by atoms with Gasteiger partial charge < -0.3 is 14.7 Å². The van der Waals surface area contributed by atoms with E-state index in [2.05, 4.69) is 105 Å². The van der Waals surface area contributed by atoms with E-state index in [1.165, 1.54) is 27.8 Å². The van der Waals surface area contributed by atoms with Crippen LogP contribution in [0.1, 0.15) is 52.2 Å². The topological polar surface area (TPSA) is 54.2 Å². The molecule has 36 heavy (non-hydrogen) atoms. The average molecular weight is 495 g/mol. The van der Waals surface area contributed by atoms with Crippen molar-refractivity contribution in [2.45, 2.75) is 47.2 Å². The lowest BCUT2D eigenvalue weighted by molar-refractivity contribution is 0.396. The standard InChI is InChI=1S/C30H30N4OS/c1-18-6-11-23(12-7-18)17-34-22(5)26(27(31-30(34)36)25-15-10-20(3)21(4)16-25)29-32-28(33-35-29)24-13-8-19(2)9-14-24/h6-16,27H,17H2,1-5H3,(H,31,36).